The lowest BCUT2D eigenvalue weighted by atomic mass is 10.0. The van der Waals surface area contributed by atoms with Gasteiger partial charge in [-0.3, -0.25) is 57.7 Å². The molecule has 31 heteroatoms. The Balaban J connectivity index is 1.72. The number of nitrogens with two attached hydrogens (primary N) is 6. The van der Waals surface area contributed by atoms with Crippen LogP contribution in [0.4, 0.5) is 5.69 Å². The summed E-state index contributed by atoms with van der Waals surface area (Å²) in [5.74, 6) is -10.6. The van der Waals surface area contributed by atoms with Crippen molar-refractivity contribution >= 4 is 98.2 Å². The maximum Gasteiger partial charge on any atom is 0.246 e. The van der Waals surface area contributed by atoms with Gasteiger partial charge in [-0.25, -0.2) is 0 Å². The van der Waals surface area contributed by atoms with Crippen molar-refractivity contribution in [2.24, 2.45) is 44.5 Å². The molecule has 0 unspecified atom stereocenters. The fourth-order valence-corrected chi connectivity index (χ4v) is 10.2. The van der Waals surface area contributed by atoms with Crippen LogP contribution >= 0.6 is 21.6 Å². The second-order valence-corrected chi connectivity index (χ2v) is 20.3. The van der Waals surface area contributed by atoms with E-state index in [1.165, 1.54) is 29.2 Å². The number of hydrogen-bond donors (Lipinski definition) is 13. The van der Waals surface area contributed by atoms with Crippen LogP contribution in [0.5, 0.6) is 0 Å². The van der Waals surface area contributed by atoms with E-state index < -0.39 is 139 Å². The highest BCUT2D eigenvalue weighted by molar-refractivity contribution is 8.76. The Morgan fingerprint density at radius 3 is 1.92 bits per heavy atom. The first-order valence-corrected chi connectivity index (χ1v) is 26.6. The number of nitrogens with one attached hydrogen (secondary N) is 7. The largest absolute Gasteiger partial charge is 0.370 e. The first-order chi connectivity index (χ1) is 36.6. The molecule has 2 saturated heterocycles. The van der Waals surface area contributed by atoms with Crippen LogP contribution in [0.25, 0.3) is 10.4 Å². The minimum Gasteiger partial charge on any atom is -0.370 e. The fourth-order valence-electron chi connectivity index (χ4n) is 7.92. The van der Waals surface area contributed by atoms with Gasteiger partial charge in [0.15, 0.2) is 5.96 Å². The molecule has 2 heterocycles. The first kappa shape index (κ1) is 61.4. The van der Waals surface area contributed by atoms with Gasteiger partial charge in [0.1, 0.15) is 42.3 Å². The maximum absolute atomic E-state index is 14.6. The number of azide groups is 1. The Bertz CT molecular complexity index is 2550. The van der Waals surface area contributed by atoms with Crippen LogP contribution in [0, 0.1) is 0 Å². The molecular weight excluding hydrogens is 1040 g/mol. The van der Waals surface area contributed by atoms with Crippen molar-refractivity contribution in [2.75, 3.05) is 31.1 Å². The molecule has 0 aromatic heterocycles. The second-order valence-electron chi connectivity index (χ2n) is 17.8. The van der Waals surface area contributed by atoms with Crippen molar-refractivity contribution in [1.82, 2.24) is 42.1 Å². The van der Waals surface area contributed by atoms with E-state index in [1.807, 2.05) is 0 Å². The van der Waals surface area contributed by atoms with Gasteiger partial charge in [-0.05, 0) is 48.8 Å². The molecule has 2 aromatic rings. The van der Waals surface area contributed by atoms with Crippen molar-refractivity contribution in [3.8, 4) is 0 Å². The highest BCUT2D eigenvalue weighted by Crippen LogP contribution is 2.26. The van der Waals surface area contributed by atoms with Crippen molar-refractivity contribution in [2.45, 2.75) is 106 Å². The lowest BCUT2D eigenvalue weighted by Gasteiger charge is -2.31. The van der Waals surface area contributed by atoms with Gasteiger partial charge in [0.05, 0.1) is 19.0 Å². The van der Waals surface area contributed by atoms with Crippen molar-refractivity contribution < 1.29 is 52.7 Å². The van der Waals surface area contributed by atoms with E-state index in [0.717, 1.165) is 21.6 Å². The lowest BCUT2D eigenvalue weighted by Crippen LogP contribution is -2.61. The molecule has 11 amide bonds. The van der Waals surface area contributed by atoms with Gasteiger partial charge in [-0.2, -0.15) is 0 Å². The number of carbonyl (C=O) groups is 11. The number of hydrogen-bond acceptors (Lipinski definition) is 16. The molecule has 2 fully saturated rings. The lowest BCUT2D eigenvalue weighted by molar-refractivity contribution is -0.142. The third-order valence-electron chi connectivity index (χ3n) is 11.8. The summed E-state index contributed by atoms with van der Waals surface area (Å²) in [7, 11) is 2.00. The zero-order valence-corrected chi connectivity index (χ0v) is 43.4. The van der Waals surface area contributed by atoms with Crippen LogP contribution in [0.15, 0.2) is 64.7 Å². The van der Waals surface area contributed by atoms with Crippen LogP contribution in [0.3, 0.4) is 0 Å². The van der Waals surface area contributed by atoms with E-state index >= 15 is 0 Å². The molecule has 0 saturated carbocycles. The average Bonchev–Trinajstić information content (AvgIpc) is 3.88. The van der Waals surface area contributed by atoms with E-state index in [0.29, 0.717) is 17.5 Å². The predicted molar refractivity (Wildman–Crippen MR) is 283 cm³/mol. The van der Waals surface area contributed by atoms with Crippen molar-refractivity contribution in [3.05, 3.63) is 76.2 Å². The summed E-state index contributed by atoms with van der Waals surface area (Å²) in [4.78, 5) is 156. The minimum atomic E-state index is -1.82. The Morgan fingerprint density at radius 2 is 1.31 bits per heavy atom. The number of carbonyl (C=O) groups excluding carboxylic acids is 11. The van der Waals surface area contributed by atoms with Gasteiger partial charge in [-0.1, -0.05) is 81.3 Å². The number of rotatable bonds is 20. The SMILES string of the molecule is [N-]=[N+]=Nc1ccc(C[C@@H]2NC(=O)[C@H](Cc3ccccc3)NC(=O)[C@@H](N)CSSC[C@@H](C(=O)N3CCC[C@H]3C(=O)N[C@@H](CCCN=C(N)N)C(=O)NCC(N)=O)NC(=O)[C@H](CC(N)=O)NC(=O)[C@H](CCC(N)=O)NC2=O)cc1. The van der Waals surface area contributed by atoms with E-state index in [9.17, 15) is 52.7 Å². The van der Waals surface area contributed by atoms with Crippen molar-refractivity contribution in [1.29, 1.82) is 0 Å². The number of nitrogens with zero attached hydrogens (tertiary/aromatic N) is 5. The van der Waals surface area contributed by atoms with E-state index in [2.05, 4.69) is 52.2 Å². The second kappa shape index (κ2) is 31.0. The molecule has 2 aliphatic heterocycles. The first-order valence-electron chi connectivity index (χ1n) is 24.1. The third-order valence-corrected chi connectivity index (χ3v) is 14.3. The summed E-state index contributed by atoms with van der Waals surface area (Å²) in [6.45, 7) is -0.453. The maximum atomic E-state index is 14.6. The Hall–Kier alpha value is -8.15. The van der Waals surface area contributed by atoms with Gasteiger partial charge in [0, 0.05) is 54.5 Å². The number of amides is 11. The number of aliphatic imine (C=N–C) groups is 1. The summed E-state index contributed by atoms with van der Waals surface area (Å²) < 4.78 is 0. The van der Waals surface area contributed by atoms with E-state index in [4.69, 9.17) is 39.9 Å². The third kappa shape index (κ3) is 20.8. The monoisotopic (exact) mass is 1110 g/mol. The highest BCUT2D eigenvalue weighted by Gasteiger charge is 2.40. The smallest absolute Gasteiger partial charge is 0.246 e. The normalized spacial score (nSPS) is 22.2. The van der Waals surface area contributed by atoms with Gasteiger partial charge >= 0.3 is 0 Å². The van der Waals surface area contributed by atoms with Crippen molar-refractivity contribution in [3.63, 3.8) is 0 Å². The molecule has 2 aromatic carbocycles. The zero-order valence-electron chi connectivity index (χ0n) is 41.7. The Labute approximate surface area is 449 Å². The van der Waals surface area contributed by atoms with Crippen LogP contribution in [0.2, 0.25) is 0 Å². The minimum absolute atomic E-state index is 0.00234. The quantitative estimate of drug-likeness (QED) is 0.0114. The van der Waals surface area contributed by atoms with Gasteiger partial charge < -0.3 is 76.5 Å². The molecule has 416 valence electrons. The Morgan fingerprint density at radius 1 is 0.727 bits per heavy atom. The van der Waals surface area contributed by atoms with Gasteiger partial charge in [0.2, 0.25) is 65.0 Å². The molecule has 0 bridgehead atoms. The molecule has 2 aliphatic rings. The molecule has 77 heavy (non-hydrogen) atoms. The highest BCUT2D eigenvalue weighted by atomic mass is 33.1. The topological polar surface area (TPSA) is 492 Å². The summed E-state index contributed by atoms with van der Waals surface area (Å²) in [6, 6.07) is 3.00. The molecular formula is C46H64N18O11S2. The standard InChI is InChI=1S/C46H64N18O11S2/c47-27-22-76-77-23-33(45(75)64-17-5-9-34(64)44(74)57-28(8-4-16-54-46(51)52)39(69)55-21-37(50)67)61-43(73)32(20-36(49)66)60-40(70)29(14-15-35(48)65)56-41(71)31(19-25-10-12-26(13-11-25)62-63-53)59-42(72)30(58-38(27)68)18-24-6-2-1-3-7-24/h1-3,6-7,10-13,27-34H,4-5,8-9,14-23,47H2,(H2,48,65)(H2,49,66)(H2,50,67)(H,55,69)(H,56,71)(H,57,74)(H,58,68)(H,59,72)(H,60,70)(H,61,73)(H4,51,52,54)/t27-,28-,29-,30-,31-,32-,33-,34-/m0/s1. The summed E-state index contributed by atoms with van der Waals surface area (Å²) >= 11 is 0. The number of likely N-dealkylation sites (tertiary alicyclic amines) is 1. The molecule has 0 aliphatic carbocycles. The zero-order chi connectivity index (χ0) is 56.6. The summed E-state index contributed by atoms with van der Waals surface area (Å²) in [5.41, 5.74) is 43.6. The molecule has 8 atom stereocenters. The van der Waals surface area contributed by atoms with E-state index in [1.54, 1.807) is 30.3 Å². The molecule has 29 nitrogen and oxygen atoms in total. The molecule has 0 radical (unpaired) electrons. The summed E-state index contributed by atoms with van der Waals surface area (Å²) in [5, 5.41) is 21.3. The summed E-state index contributed by atoms with van der Waals surface area (Å²) in [6.07, 6.45) is -1.49. The fraction of sp³-hybridized carbons (Fsp3) is 0.478. The van der Waals surface area contributed by atoms with E-state index in [-0.39, 0.29) is 68.3 Å². The Kier molecular flexibility index (Phi) is 24.7. The predicted octanol–water partition coefficient (Wildman–Crippen LogP) is -4.17. The van der Waals surface area contributed by atoms with Gasteiger partial charge in [0.25, 0.3) is 0 Å². The number of benzene rings is 2. The number of guanidine groups is 1. The average molecular weight is 1110 g/mol. The molecule has 4 rings (SSSR count). The van der Waals surface area contributed by atoms with Crippen LogP contribution < -0.4 is 71.6 Å². The van der Waals surface area contributed by atoms with Crippen LogP contribution in [-0.4, -0.2) is 155 Å². The molecule has 0 spiro atoms. The molecule has 19 N–H and O–H groups in total. The van der Waals surface area contributed by atoms with Crippen LogP contribution in [0.1, 0.15) is 56.1 Å². The van der Waals surface area contributed by atoms with Crippen LogP contribution in [-0.2, 0) is 65.6 Å². The van der Waals surface area contributed by atoms with Gasteiger partial charge in [-0.15, -0.1) is 0 Å². The number of primary amides is 3.